The molecule has 1 heterocycles. The molecule has 2 saturated carbocycles. The molecule has 0 amide bonds. The monoisotopic (exact) mass is 275 g/mol. The molecule has 4 nitrogen and oxygen atoms in total. The number of rotatable bonds is 6. The molecule has 0 atom stereocenters. The number of anilines is 1. The van der Waals surface area contributed by atoms with Crippen molar-refractivity contribution in [2.75, 3.05) is 11.4 Å². The summed E-state index contributed by atoms with van der Waals surface area (Å²) in [6, 6.07) is 0.548. The van der Waals surface area contributed by atoms with Crippen molar-refractivity contribution in [2.45, 2.75) is 50.5 Å². The molecule has 0 saturated heterocycles. The highest BCUT2D eigenvalue weighted by molar-refractivity contribution is 5.32. The van der Waals surface area contributed by atoms with Crippen LogP contribution in [0.5, 0.6) is 0 Å². The first-order valence-electron chi connectivity index (χ1n) is 6.52. The third-order valence-corrected chi connectivity index (χ3v) is 3.27. The van der Waals surface area contributed by atoms with Gasteiger partial charge in [0.05, 0.1) is 5.69 Å². The first kappa shape index (κ1) is 12.8. The minimum absolute atomic E-state index is 0.0792. The lowest BCUT2D eigenvalue weighted by atomic mass is 10.4. The Kier molecular flexibility index (Phi) is 3.16. The number of oxazole rings is 1. The number of aromatic nitrogens is 1. The number of nitrogens with one attached hydrogen (secondary N) is 1. The maximum absolute atomic E-state index is 12.5. The Balaban J connectivity index is 1.64. The van der Waals surface area contributed by atoms with E-state index in [0.717, 1.165) is 25.7 Å². The van der Waals surface area contributed by atoms with Gasteiger partial charge in [0.1, 0.15) is 12.8 Å². The number of hydrogen-bond donors (Lipinski definition) is 1. The second-order valence-corrected chi connectivity index (χ2v) is 5.25. The van der Waals surface area contributed by atoms with E-state index >= 15 is 0 Å². The summed E-state index contributed by atoms with van der Waals surface area (Å²) < 4.78 is 42.8. The van der Waals surface area contributed by atoms with Crippen LogP contribution in [-0.4, -0.2) is 29.8 Å². The molecule has 1 aromatic rings. The van der Waals surface area contributed by atoms with Crippen molar-refractivity contribution >= 4 is 6.01 Å². The van der Waals surface area contributed by atoms with Crippen LogP contribution >= 0.6 is 0 Å². The largest absolute Gasteiger partial charge is 0.432 e. The average molecular weight is 275 g/mol. The second-order valence-electron chi connectivity index (χ2n) is 5.25. The summed E-state index contributed by atoms with van der Waals surface area (Å²) >= 11 is 0. The lowest BCUT2D eigenvalue weighted by Crippen LogP contribution is -2.36. The summed E-state index contributed by atoms with van der Waals surface area (Å²) in [5.41, 5.74) is 0.662. The summed E-state index contributed by atoms with van der Waals surface area (Å²) in [5, 5.41) is 3.25. The maximum Gasteiger partial charge on any atom is 0.406 e. The number of alkyl halides is 3. The quantitative estimate of drug-likeness (QED) is 0.866. The van der Waals surface area contributed by atoms with Crippen LogP contribution in [-0.2, 0) is 6.54 Å². The first-order valence-corrected chi connectivity index (χ1v) is 6.52. The van der Waals surface area contributed by atoms with Crippen LogP contribution in [0.3, 0.4) is 0 Å². The zero-order valence-electron chi connectivity index (χ0n) is 10.4. The lowest BCUT2D eigenvalue weighted by Gasteiger charge is -2.21. The van der Waals surface area contributed by atoms with E-state index < -0.39 is 12.7 Å². The van der Waals surface area contributed by atoms with Crippen molar-refractivity contribution in [2.24, 2.45) is 0 Å². The molecule has 0 bridgehead atoms. The molecule has 1 N–H and O–H groups in total. The van der Waals surface area contributed by atoms with Crippen LogP contribution in [0.2, 0.25) is 0 Å². The molecule has 19 heavy (non-hydrogen) atoms. The standard InChI is InChI=1S/C12H16F3N3O/c13-12(14,15)7-18(10-3-4-10)11-17-9(6-19-11)5-16-8-1-2-8/h6,8,10,16H,1-5,7H2. The zero-order valence-corrected chi connectivity index (χ0v) is 10.4. The highest BCUT2D eigenvalue weighted by atomic mass is 19.4. The van der Waals surface area contributed by atoms with Crippen LogP contribution in [0, 0.1) is 0 Å². The number of hydrogen-bond acceptors (Lipinski definition) is 4. The van der Waals surface area contributed by atoms with Gasteiger partial charge in [0, 0.05) is 18.6 Å². The summed E-state index contributed by atoms with van der Waals surface area (Å²) in [6.45, 7) is -0.438. The van der Waals surface area contributed by atoms with E-state index in [-0.39, 0.29) is 12.1 Å². The molecule has 0 radical (unpaired) electrons. The van der Waals surface area contributed by atoms with Gasteiger partial charge in [0.15, 0.2) is 0 Å². The highest BCUT2D eigenvalue weighted by Gasteiger charge is 2.40. The van der Waals surface area contributed by atoms with Crippen LogP contribution in [0.25, 0.3) is 0 Å². The van der Waals surface area contributed by atoms with Crippen LogP contribution in [0.1, 0.15) is 31.4 Å². The molecule has 0 aromatic carbocycles. The third kappa shape index (κ3) is 3.62. The van der Waals surface area contributed by atoms with Gasteiger partial charge in [-0.1, -0.05) is 0 Å². The van der Waals surface area contributed by atoms with E-state index in [4.69, 9.17) is 4.42 Å². The van der Waals surface area contributed by atoms with E-state index in [1.54, 1.807) is 0 Å². The Morgan fingerprint density at radius 2 is 2.05 bits per heavy atom. The van der Waals surface area contributed by atoms with E-state index in [1.165, 1.54) is 11.2 Å². The normalized spacial score (nSPS) is 19.7. The zero-order chi connectivity index (χ0) is 13.5. The van der Waals surface area contributed by atoms with Gasteiger partial charge in [-0.25, -0.2) is 0 Å². The van der Waals surface area contributed by atoms with Gasteiger partial charge in [0.2, 0.25) is 0 Å². The molecule has 0 spiro atoms. The predicted octanol–water partition coefficient (Wildman–Crippen LogP) is 2.46. The molecule has 0 aliphatic heterocycles. The van der Waals surface area contributed by atoms with Gasteiger partial charge in [0.25, 0.3) is 6.01 Å². The van der Waals surface area contributed by atoms with Gasteiger partial charge < -0.3 is 14.6 Å². The second kappa shape index (κ2) is 4.70. The van der Waals surface area contributed by atoms with E-state index in [2.05, 4.69) is 10.3 Å². The fraction of sp³-hybridized carbons (Fsp3) is 0.750. The van der Waals surface area contributed by atoms with Crippen molar-refractivity contribution in [3.05, 3.63) is 12.0 Å². The number of halogens is 3. The topological polar surface area (TPSA) is 41.3 Å². The van der Waals surface area contributed by atoms with Crippen molar-refractivity contribution < 1.29 is 17.6 Å². The summed E-state index contributed by atoms with van der Waals surface area (Å²) in [6.07, 6.45) is 1.07. The Morgan fingerprint density at radius 1 is 1.32 bits per heavy atom. The molecule has 1 aromatic heterocycles. The summed E-state index contributed by atoms with van der Waals surface area (Å²) in [7, 11) is 0. The first-order chi connectivity index (χ1) is 9.01. The molecule has 106 valence electrons. The summed E-state index contributed by atoms with van der Waals surface area (Å²) in [4.78, 5) is 5.38. The fourth-order valence-corrected chi connectivity index (χ4v) is 1.98. The SMILES string of the molecule is FC(F)(F)CN(c1nc(CNC2CC2)co1)C1CC1. The van der Waals surface area contributed by atoms with Crippen molar-refractivity contribution in [3.8, 4) is 0 Å². The van der Waals surface area contributed by atoms with Gasteiger partial charge in [-0.2, -0.15) is 18.2 Å². The highest BCUT2D eigenvalue weighted by Crippen LogP contribution is 2.34. The van der Waals surface area contributed by atoms with E-state index in [0.29, 0.717) is 18.3 Å². The van der Waals surface area contributed by atoms with E-state index in [9.17, 15) is 13.2 Å². The minimum atomic E-state index is -4.23. The van der Waals surface area contributed by atoms with Crippen LogP contribution in [0.4, 0.5) is 19.2 Å². The third-order valence-electron chi connectivity index (χ3n) is 3.27. The summed E-state index contributed by atoms with van der Waals surface area (Å²) in [5.74, 6) is 0. The van der Waals surface area contributed by atoms with Crippen molar-refractivity contribution in [3.63, 3.8) is 0 Å². The van der Waals surface area contributed by atoms with Gasteiger partial charge in [-0.05, 0) is 25.7 Å². The molecule has 2 aliphatic carbocycles. The molecule has 2 fully saturated rings. The van der Waals surface area contributed by atoms with Gasteiger partial charge >= 0.3 is 6.18 Å². The van der Waals surface area contributed by atoms with Crippen molar-refractivity contribution in [1.82, 2.24) is 10.3 Å². The van der Waals surface area contributed by atoms with Crippen molar-refractivity contribution in [1.29, 1.82) is 0 Å². The molecule has 2 aliphatic rings. The lowest BCUT2D eigenvalue weighted by molar-refractivity contribution is -0.120. The minimum Gasteiger partial charge on any atom is -0.432 e. The average Bonchev–Trinajstić information content (AvgIpc) is 3.22. The maximum atomic E-state index is 12.5. The Bertz CT molecular complexity index is 438. The Morgan fingerprint density at radius 3 is 2.63 bits per heavy atom. The van der Waals surface area contributed by atoms with Gasteiger partial charge in [-0.3, -0.25) is 0 Å². The fourth-order valence-electron chi connectivity index (χ4n) is 1.98. The molecular formula is C12H16F3N3O. The smallest absolute Gasteiger partial charge is 0.406 e. The molecule has 3 rings (SSSR count). The Labute approximate surface area is 109 Å². The van der Waals surface area contributed by atoms with Crippen LogP contribution < -0.4 is 10.2 Å². The predicted molar refractivity (Wildman–Crippen MR) is 62.8 cm³/mol. The number of nitrogens with zero attached hydrogens (tertiary/aromatic N) is 2. The van der Waals surface area contributed by atoms with Crippen LogP contribution in [0.15, 0.2) is 10.7 Å². The van der Waals surface area contributed by atoms with Gasteiger partial charge in [-0.15, -0.1) is 0 Å². The molecule has 7 heteroatoms. The molecular weight excluding hydrogens is 259 g/mol. The molecule has 0 unspecified atom stereocenters. The van der Waals surface area contributed by atoms with E-state index in [1.807, 2.05) is 0 Å². The Hall–Kier alpha value is -1.24.